The first-order valence-corrected chi connectivity index (χ1v) is 12.5. The van der Waals surface area contributed by atoms with Gasteiger partial charge < -0.3 is 9.88 Å². The highest BCUT2D eigenvalue weighted by atomic mass is 35.5. The van der Waals surface area contributed by atoms with E-state index in [9.17, 15) is 9.60 Å². The number of fused-ring (bicyclic) bond motifs is 1. The molecule has 0 radical (unpaired) electrons. The highest BCUT2D eigenvalue weighted by Gasteiger charge is 2.21. The molecule has 0 saturated carbocycles. The van der Waals surface area contributed by atoms with Crippen molar-refractivity contribution < 1.29 is 9.60 Å². The van der Waals surface area contributed by atoms with Gasteiger partial charge in [0.25, 0.3) is 0 Å². The second-order valence-corrected chi connectivity index (χ2v) is 9.63. The molecule has 0 aliphatic carbocycles. The van der Waals surface area contributed by atoms with Crippen molar-refractivity contribution in [3.8, 4) is 0 Å². The number of amidine groups is 1. The Hall–Kier alpha value is -3.33. The van der Waals surface area contributed by atoms with Crippen molar-refractivity contribution in [1.82, 2.24) is 19.9 Å². The van der Waals surface area contributed by atoms with Gasteiger partial charge in [0.15, 0.2) is 11.5 Å². The molecule has 7 nitrogen and oxygen atoms in total. The van der Waals surface area contributed by atoms with E-state index in [1.165, 1.54) is 30.5 Å². The van der Waals surface area contributed by atoms with Gasteiger partial charge in [-0.1, -0.05) is 41.9 Å². The number of halogens is 2. The Morgan fingerprint density at radius 1 is 1.17 bits per heavy atom. The third kappa shape index (κ3) is 5.41. The fourth-order valence-corrected chi connectivity index (χ4v) is 4.93. The SMILES string of the molecule is N=C(c1ccnc2nc(CCN3CCC(Cc4ccccc4)CC3)[nH]c12)N(O)c1ccc(F)c(Cl)c1. The number of benzene rings is 2. The molecule has 3 heterocycles. The number of nitrogens with zero attached hydrogens (tertiary/aromatic N) is 4. The van der Waals surface area contributed by atoms with Gasteiger partial charge in [0.1, 0.15) is 11.6 Å². The van der Waals surface area contributed by atoms with Crippen LogP contribution in [-0.2, 0) is 12.8 Å². The summed E-state index contributed by atoms with van der Waals surface area (Å²) in [5, 5.41) is 19.6. The van der Waals surface area contributed by atoms with Crippen LogP contribution in [0.3, 0.4) is 0 Å². The van der Waals surface area contributed by atoms with Gasteiger partial charge in [-0.15, -0.1) is 0 Å². The minimum absolute atomic E-state index is 0.132. The number of hydrogen-bond acceptors (Lipinski definition) is 5. The summed E-state index contributed by atoms with van der Waals surface area (Å²) in [6, 6.07) is 16.1. The molecular weight excluding hydrogens is 479 g/mol. The first kappa shape index (κ1) is 24.4. The molecule has 1 aliphatic heterocycles. The summed E-state index contributed by atoms with van der Waals surface area (Å²) in [6.45, 7) is 3.04. The van der Waals surface area contributed by atoms with Crippen molar-refractivity contribution in [2.45, 2.75) is 25.7 Å². The summed E-state index contributed by atoms with van der Waals surface area (Å²) in [4.78, 5) is 14.7. The number of nitrogens with one attached hydrogen (secondary N) is 2. The van der Waals surface area contributed by atoms with Gasteiger partial charge in [0.2, 0.25) is 0 Å². The van der Waals surface area contributed by atoms with Gasteiger partial charge in [0, 0.05) is 24.7 Å². The lowest BCUT2D eigenvalue weighted by molar-refractivity contribution is 0.185. The fraction of sp³-hybridized carbons (Fsp3) is 0.296. The fourth-order valence-electron chi connectivity index (χ4n) is 4.76. The van der Waals surface area contributed by atoms with Crippen LogP contribution < -0.4 is 5.06 Å². The number of H-pyrrole nitrogens is 1. The van der Waals surface area contributed by atoms with Crippen molar-refractivity contribution in [2.24, 2.45) is 5.92 Å². The molecule has 36 heavy (non-hydrogen) atoms. The second-order valence-electron chi connectivity index (χ2n) is 9.22. The van der Waals surface area contributed by atoms with Gasteiger partial charge in [0.05, 0.1) is 16.2 Å². The standard InChI is InChI=1S/C27H28ClFN6O/c28-22-17-20(6-7-23(22)29)35(36)26(30)21-8-12-31-27-25(21)32-24(33-27)11-15-34-13-9-19(10-14-34)16-18-4-2-1-3-5-18/h1-8,12,17,19,30,36H,9-11,13-16H2,(H,31,32,33). The Labute approximate surface area is 214 Å². The molecule has 9 heteroatoms. The largest absolute Gasteiger partial charge is 0.340 e. The van der Waals surface area contributed by atoms with Crippen molar-refractivity contribution in [3.05, 3.63) is 88.6 Å². The van der Waals surface area contributed by atoms with Crippen LogP contribution in [0.1, 0.15) is 29.8 Å². The number of rotatable bonds is 7. The molecule has 3 N–H and O–H groups in total. The first-order chi connectivity index (χ1) is 17.5. The van der Waals surface area contributed by atoms with Gasteiger partial charge in [-0.25, -0.2) is 19.4 Å². The maximum Gasteiger partial charge on any atom is 0.178 e. The lowest BCUT2D eigenvalue weighted by Gasteiger charge is -2.31. The number of pyridine rings is 1. The number of hydrogen-bond donors (Lipinski definition) is 3. The van der Waals surface area contributed by atoms with Gasteiger partial charge in [-0.05, 0) is 68.1 Å². The number of aromatic nitrogens is 3. The molecule has 4 aromatic rings. The van der Waals surface area contributed by atoms with Crippen LogP contribution in [0, 0.1) is 17.1 Å². The van der Waals surface area contributed by atoms with Gasteiger partial charge >= 0.3 is 0 Å². The molecule has 0 unspecified atom stereocenters. The number of imidazole rings is 1. The molecule has 5 rings (SSSR count). The molecule has 0 spiro atoms. The topological polar surface area (TPSA) is 92.1 Å². The van der Waals surface area contributed by atoms with Crippen molar-refractivity contribution in [1.29, 1.82) is 5.41 Å². The summed E-state index contributed by atoms with van der Waals surface area (Å²) in [5.41, 5.74) is 3.09. The van der Waals surface area contributed by atoms with E-state index in [4.69, 9.17) is 17.0 Å². The van der Waals surface area contributed by atoms with Crippen LogP contribution in [0.4, 0.5) is 10.1 Å². The number of anilines is 1. The van der Waals surface area contributed by atoms with Gasteiger partial charge in [-0.3, -0.25) is 10.6 Å². The van der Waals surface area contributed by atoms with E-state index in [2.05, 4.69) is 50.2 Å². The zero-order chi connectivity index (χ0) is 25.1. The number of aromatic amines is 1. The maximum atomic E-state index is 13.5. The zero-order valence-corrected chi connectivity index (χ0v) is 20.5. The average molecular weight is 507 g/mol. The summed E-state index contributed by atoms with van der Waals surface area (Å²) in [6.07, 6.45) is 5.82. The van der Waals surface area contributed by atoms with Crippen LogP contribution in [0.15, 0.2) is 60.8 Å². The molecule has 1 aliphatic rings. The summed E-state index contributed by atoms with van der Waals surface area (Å²) < 4.78 is 13.5. The van der Waals surface area contributed by atoms with E-state index in [1.54, 1.807) is 12.3 Å². The predicted molar refractivity (Wildman–Crippen MR) is 139 cm³/mol. The van der Waals surface area contributed by atoms with Crippen LogP contribution >= 0.6 is 11.6 Å². The van der Waals surface area contributed by atoms with Crippen LogP contribution in [0.25, 0.3) is 11.2 Å². The first-order valence-electron chi connectivity index (χ1n) is 12.1. The van der Waals surface area contributed by atoms with Crippen molar-refractivity contribution in [2.75, 3.05) is 24.7 Å². The van der Waals surface area contributed by atoms with E-state index >= 15 is 0 Å². The Bertz CT molecular complexity index is 1350. The van der Waals surface area contributed by atoms with Crippen molar-refractivity contribution >= 4 is 34.3 Å². The van der Waals surface area contributed by atoms with Crippen LogP contribution in [-0.4, -0.2) is 50.5 Å². The molecule has 0 amide bonds. The average Bonchev–Trinajstić information content (AvgIpc) is 3.33. The third-order valence-corrected chi connectivity index (χ3v) is 7.08. The van der Waals surface area contributed by atoms with Crippen molar-refractivity contribution in [3.63, 3.8) is 0 Å². The smallest absolute Gasteiger partial charge is 0.178 e. The Morgan fingerprint density at radius 2 is 1.94 bits per heavy atom. The molecular formula is C27H28ClFN6O. The minimum atomic E-state index is -0.592. The molecule has 0 atom stereocenters. The Kier molecular flexibility index (Phi) is 7.27. The molecule has 1 saturated heterocycles. The summed E-state index contributed by atoms with van der Waals surface area (Å²) in [7, 11) is 0. The molecule has 186 valence electrons. The van der Waals surface area contributed by atoms with E-state index in [0.717, 1.165) is 50.3 Å². The second kappa shape index (κ2) is 10.7. The Morgan fingerprint density at radius 3 is 2.69 bits per heavy atom. The number of hydroxylamine groups is 1. The predicted octanol–water partition coefficient (Wildman–Crippen LogP) is 5.47. The highest BCUT2D eigenvalue weighted by molar-refractivity contribution is 6.31. The third-order valence-electron chi connectivity index (χ3n) is 6.79. The molecule has 0 bridgehead atoms. The lowest BCUT2D eigenvalue weighted by atomic mass is 9.90. The molecule has 2 aromatic carbocycles. The van der Waals surface area contributed by atoms with Crippen LogP contribution in [0.5, 0.6) is 0 Å². The quantitative estimate of drug-likeness (QED) is 0.176. The maximum absolute atomic E-state index is 13.5. The van der Waals surface area contributed by atoms with E-state index < -0.39 is 5.82 Å². The summed E-state index contributed by atoms with van der Waals surface area (Å²) >= 11 is 5.84. The lowest BCUT2D eigenvalue weighted by Crippen LogP contribution is -2.35. The van der Waals surface area contributed by atoms with Crippen LogP contribution in [0.2, 0.25) is 5.02 Å². The molecule has 1 fully saturated rings. The summed E-state index contributed by atoms with van der Waals surface area (Å²) in [5.74, 6) is 0.731. The number of piperidine rings is 1. The normalized spacial score (nSPS) is 14.9. The molecule has 2 aromatic heterocycles. The monoisotopic (exact) mass is 506 g/mol. The highest BCUT2D eigenvalue weighted by Crippen LogP contribution is 2.25. The van der Waals surface area contributed by atoms with E-state index in [1.807, 2.05) is 0 Å². The van der Waals surface area contributed by atoms with E-state index in [0.29, 0.717) is 21.8 Å². The van der Waals surface area contributed by atoms with Gasteiger partial charge in [-0.2, -0.15) is 0 Å². The Balaban J connectivity index is 1.21. The zero-order valence-electron chi connectivity index (χ0n) is 19.8. The minimum Gasteiger partial charge on any atom is -0.340 e. The van der Waals surface area contributed by atoms with E-state index in [-0.39, 0.29) is 16.5 Å². The number of likely N-dealkylation sites (tertiary alicyclic amines) is 1.